The highest BCUT2D eigenvalue weighted by atomic mass is 16.3. The number of furan rings is 1. The third-order valence-corrected chi connectivity index (χ3v) is 3.63. The van der Waals surface area contributed by atoms with E-state index in [2.05, 4.69) is 5.32 Å². The van der Waals surface area contributed by atoms with E-state index in [9.17, 15) is 10.1 Å². The van der Waals surface area contributed by atoms with Gasteiger partial charge in [0.15, 0.2) is 0 Å². The minimum atomic E-state index is -0.427. The molecule has 4 nitrogen and oxygen atoms in total. The van der Waals surface area contributed by atoms with E-state index in [4.69, 9.17) is 4.42 Å². The van der Waals surface area contributed by atoms with Crippen molar-refractivity contribution >= 4 is 12.0 Å². The van der Waals surface area contributed by atoms with Gasteiger partial charge in [-0.1, -0.05) is 60.7 Å². The maximum absolute atomic E-state index is 12.2. The molecule has 0 aliphatic heterocycles. The fourth-order valence-corrected chi connectivity index (χ4v) is 2.35. The van der Waals surface area contributed by atoms with Crippen LogP contribution in [0, 0.1) is 11.3 Å². The van der Waals surface area contributed by atoms with Crippen LogP contribution in [0.4, 0.5) is 0 Å². The molecule has 0 spiro atoms. The summed E-state index contributed by atoms with van der Waals surface area (Å²) >= 11 is 0. The largest absolute Gasteiger partial charge is 0.457 e. The van der Waals surface area contributed by atoms with Gasteiger partial charge < -0.3 is 9.73 Å². The van der Waals surface area contributed by atoms with E-state index in [1.54, 1.807) is 6.07 Å². The van der Waals surface area contributed by atoms with Gasteiger partial charge in [0.2, 0.25) is 0 Å². The highest BCUT2D eigenvalue weighted by Crippen LogP contribution is 2.23. The van der Waals surface area contributed by atoms with Gasteiger partial charge in [0.25, 0.3) is 5.91 Å². The smallest absolute Gasteiger partial charge is 0.262 e. The van der Waals surface area contributed by atoms with Crippen molar-refractivity contribution in [1.29, 1.82) is 5.26 Å². The van der Waals surface area contributed by atoms with Gasteiger partial charge in [-0.3, -0.25) is 4.79 Å². The number of benzene rings is 2. The molecule has 122 valence electrons. The molecule has 0 unspecified atom stereocenters. The van der Waals surface area contributed by atoms with Gasteiger partial charge in [-0.25, -0.2) is 0 Å². The molecule has 4 heteroatoms. The molecule has 0 aliphatic carbocycles. The van der Waals surface area contributed by atoms with E-state index < -0.39 is 5.91 Å². The molecule has 0 atom stereocenters. The SMILES string of the molecule is N#C/C(=C/c1ccc(-c2ccccc2)o1)C(=O)NCc1ccccc1. The highest BCUT2D eigenvalue weighted by molar-refractivity contribution is 6.01. The predicted octanol–water partition coefficient (Wildman–Crippen LogP) is 4.17. The van der Waals surface area contributed by atoms with Crippen molar-refractivity contribution < 1.29 is 9.21 Å². The predicted molar refractivity (Wildman–Crippen MR) is 96.0 cm³/mol. The Balaban J connectivity index is 1.71. The molecule has 0 radical (unpaired) electrons. The molecule has 0 bridgehead atoms. The number of nitrogens with one attached hydrogen (secondary N) is 1. The van der Waals surface area contributed by atoms with Gasteiger partial charge in [0, 0.05) is 18.2 Å². The lowest BCUT2D eigenvalue weighted by Gasteiger charge is -2.03. The second-order valence-electron chi connectivity index (χ2n) is 5.41. The Hall–Kier alpha value is -3.58. The number of hydrogen-bond acceptors (Lipinski definition) is 3. The summed E-state index contributed by atoms with van der Waals surface area (Å²) in [5.41, 5.74) is 1.91. The van der Waals surface area contributed by atoms with Gasteiger partial charge in [-0.15, -0.1) is 0 Å². The summed E-state index contributed by atoms with van der Waals surface area (Å²) < 4.78 is 5.71. The Bertz CT molecular complexity index is 919. The van der Waals surface area contributed by atoms with Crippen molar-refractivity contribution in [3.8, 4) is 17.4 Å². The van der Waals surface area contributed by atoms with Crippen molar-refractivity contribution in [1.82, 2.24) is 5.32 Å². The average molecular weight is 328 g/mol. The number of amides is 1. The Morgan fingerprint density at radius 1 is 1.00 bits per heavy atom. The van der Waals surface area contributed by atoms with Gasteiger partial charge in [0.1, 0.15) is 23.2 Å². The zero-order chi connectivity index (χ0) is 17.5. The molecule has 0 aliphatic rings. The van der Waals surface area contributed by atoms with Crippen molar-refractivity contribution in [2.75, 3.05) is 0 Å². The zero-order valence-corrected chi connectivity index (χ0v) is 13.5. The molecule has 1 aromatic heterocycles. The fourth-order valence-electron chi connectivity index (χ4n) is 2.35. The van der Waals surface area contributed by atoms with Crippen LogP contribution in [0.15, 0.2) is 82.8 Å². The summed E-state index contributed by atoms with van der Waals surface area (Å²) in [6.45, 7) is 0.367. The molecule has 2 aromatic carbocycles. The Kier molecular flexibility index (Phi) is 5.08. The van der Waals surface area contributed by atoms with Crippen LogP contribution in [0.25, 0.3) is 17.4 Å². The molecular formula is C21H16N2O2. The van der Waals surface area contributed by atoms with Crippen molar-refractivity contribution in [3.05, 3.63) is 89.7 Å². The van der Waals surface area contributed by atoms with Crippen LogP contribution in [0.3, 0.4) is 0 Å². The van der Waals surface area contributed by atoms with Gasteiger partial charge in [-0.2, -0.15) is 5.26 Å². The normalized spacial score (nSPS) is 10.9. The van der Waals surface area contributed by atoms with E-state index >= 15 is 0 Å². The molecule has 0 saturated carbocycles. The van der Waals surface area contributed by atoms with Crippen LogP contribution in [-0.4, -0.2) is 5.91 Å². The Morgan fingerprint density at radius 3 is 2.36 bits per heavy atom. The molecule has 3 aromatic rings. The Morgan fingerprint density at radius 2 is 1.68 bits per heavy atom. The van der Waals surface area contributed by atoms with Crippen molar-refractivity contribution in [3.63, 3.8) is 0 Å². The first-order valence-corrected chi connectivity index (χ1v) is 7.85. The second-order valence-corrected chi connectivity index (χ2v) is 5.41. The molecule has 1 amide bonds. The highest BCUT2D eigenvalue weighted by Gasteiger charge is 2.10. The summed E-state index contributed by atoms with van der Waals surface area (Å²) in [5, 5.41) is 12.0. The molecule has 1 heterocycles. The summed E-state index contributed by atoms with van der Waals surface area (Å²) in [5.74, 6) is 0.725. The molecule has 1 N–H and O–H groups in total. The maximum atomic E-state index is 12.2. The number of nitriles is 1. The molecule has 0 saturated heterocycles. The first-order chi connectivity index (χ1) is 12.3. The lowest BCUT2D eigenvalue weighted by molar-refractivity contribution is -0.117. The standard InChI is InChI=1S/C21H16N2O2/c22-14-18(21(24)23-15-16-7-3-1-4-8-16)13-19-11-12-20(25-19)17-9-5-2-6-10-17/h1-13H,15H2,(H,23,24)/b18-13-. The lowest BCUT2D eigenvalue weighted by atomic mass is 10.2. The van der Waals surface area contributed by atoms with E-state index in [1.165, 1.54) is 6.08 Å². The van der Waals surface area contributed by atoms with E-state index in [-0.39, 0.29) is 5.57 Å². The number of hydrogen-bond donors (Lipinski definition) is 1. The number of rotatable bonds is 5. The third kappa shape index (κ3) is 4.24. The zero-order valence-electron chi connectivity index (χ0n) is 13.5. The van der Waals surface area contributed by atoms with Crippen LogP contribution in [0.2, 0.25) is 0 Å². The van der Waals surface area contributed by atoms with Gasteiger partial charge in [0.05, 0.1) is 0 Å². The topological polar surface area (TPSA) is 66.0 Å². The van der Waals surface area contributed by atoms with Crippen LogP contribution in [0.1, 0.15) is 11.3 Å². The maximum Gasteiger partial charge on any atom is 0.262 e. The van der Waals surface area contributed by atoms with Crippen LogP contribution in [0.5, 0.6) is 0 Å². The number of carbonyl (C=O) groups is 1. The van der Waals surface area contributed by atoms with E-state index in [0.29, 0.717) is 18.1 Å². The fraction of sp³-hybridized carbons (Fsp3) is 0.0476. The molecular weight excluding hydrogens is 312 g/mol. The first-order valence-electron chi connectivity index (χ1n) is 7.85. The first kappa shape index (κ1) is 16.3. The summed E-state index contributed by atoms with van der Waals surface area (Å²) in [6, 6.07) is 24.7. The monoisotopic (exact) mass is 328 g/mol. The lowest BCUT2D eigenvalue weighted by Crippen LogP contribution is -2.23. The van der Waals surface area contributed by atoms with Crippen LogP contribution >= 0.6 is 0 Å². The van der Waals surface area contributed by atoms with Gasteiger partial charge >= 0.3 is 0 Å². The quantitative estimate of drug-likeness (QED) is 0.564. The minimum absolute atomic E-state index is 0.00453. The van der Waals surface area contributed by atoms with Crippen LogP contribution < -0.4 is 5.32 Å². The van der Waals surface area contributed by atoms with E-state index in [1.807, 2.05) is 72.8 Å². The van der Waals surface area contributed by atoms with Gasteiger partial charge in [-0.05, 0) is 17.7 Å². The third-order valence-electron chi connectivity index (χ3n) is 3.63. The average Bonchev–Trinajstić information content (AvgIpc) is 3.14. The van der Waals surface area contributed by atoms with E-state index in [0.717, 1.165) is 11.1 Å². The van der Waals surface area contributed by atoms with Crippen molar-refractivity contribution in [2.24, 2.45) is 0 Å². The molecule has 25 heavy (non-hydrogen) atoms. The minimum Gasteiger partial charge on any atom is -0.457 e. The molecule has 0 fully saturated rings. The second kappa shape index (κ2) is 7.80. The summed E-state index contributed by atoms with van der Waals surface area (Å²) in [7, 11) is 0. The van der Waals surface area contributed by atoms with Crippen molar-refractivity contribution in [2.45, 2.75) is 6.54 Å². The van der Waals surface area contributed by atoms with Crippen LogP contribution in [-0.2, 0) is 11.3 Å². The number of nitrogens with zero attached hydrogens (tertiary/aromatic N) is 1. The molecule has 3 rings (SSSR count). The number of carbonyl (C=O) groups excluding carboxylic acids is 1. The Labute approximate surface area is 146 Å². The summed E-state index contributed by atoms with van der Waals surface area (Å²) in [4.78, 5) is 12.2. The summed E-state index contributed by atoms with van der Waals surface area (Å²) in [6.07, 6.45) is 1.45.